The fourth-order valence-electron chi connectivity index (χ4n) is 3.46. The Morgan fingerprint density at radius 3 is 2.64 bits per heavy atom. The van der Waals surface area contributed by atoms with Crippen LogP contribution in [0.5, 0.6) is 5.75 Å². The first-order chi connectivity index (χ1) is 15.9. The van der Waals surface area contributed by atoms with Crippen LogP contribution >= 0.6 is 11.3 Å². The van der Waals surface area contributed by atoms with Crippen molar-refractivity contribution in [3.05, 3.63) is 63.7 Å². The summed E-state index contributed by atoms with van der Waals surface area (Å²) in [5.74, 6) is 0.436. The van der Waals surface area contributed by atoms with E-state index in [9.17, 15) is 14.9 Å². The zero-order chi connectivity index (χ0) is 24.0. The van der Waals surface area contributed by atoms with E-state index >= 15 is 0 Å². The van der Waals surface area contributed by atoms with Crippen molar-refractivity contribution >= 4 is 44.4 Å². The quantitative estimate of drug-likeness (QED) is 0.239. The molecule has 0 bridgehead atoms. The molecule has 1 heterocycles. The van der Waals surface area contributed by atoms with Crippen molar-refractivity contribution in [2.45, 2.75) is 20.8 Å². The average Bonchev–Trinajstić information content (AvgIpc) is 3.27. The second kappa shape index (κ2) is 11.0. The van der Waals surface area contributed by atoms with Gasteiger partial charge in [0.15, 0.2) is 5.13 Å². The fourth-order valence-corrected chi connectivity index (χ4v) is 4.54. The summed E-state index contributed by atoms with van der Waals surface area (Å²) >= 11 is 1.46. The third-order valence-corrected chi connectivity index (χ3v) is 6.66. The molecule has 174 valence electrons. The van der Waals surface area contributed by atoms with Crippen LogP contribution in [0, 0.1) is 17.0 Å². The molecule has 0 saturated carbocycles. The molecule has 1 amide bonds. The van der Waals surface area contributed by atoms with E-state index in [2.05, 4.69) is 18.7 Å². The van der Waals surface area contributed by atoms with E-state index < -0.39 is 4.92 Å². The fraction of sp³-hybridized carbons (Fsp3) is 0.333. The van der Waals surface area contributed by atoms with Crippen molar-refractivity contribution in [2.75, 3.05) is 38.2 Å². The SMILES string of the molecule is CCN(CC)CCN(C(=O)C=Cc1cccc([N+](=O)[O-])c1)c1nc2c(OC)ccc(C)c2s1. The molecule has 0 aliphatic rings. The number of ether oxygens (including phenoxy) is 1. The summed E-state index contributed by atoms with van der Waals surface area (Å²) < 4.78 is 6.45. The van der Waals surface area contributed by atoms with Crippen molar-refractivity contribution < 1.29 is 14.5 Å². The molecule has 0 atom stereocenters. The number of non-ortho nitro benzene ring substituents is 1. The largest absolute Gasteiger partial charge is 0.494 e. The maximum absolute atomic E-state index is 13.3. The number of methoxy groups -OCH3 is 1. The minimum Gasteiger partial charge on any atom is -0.494 e. The molecular formula is C24H28N4O4S. The van der Waals surface area contributed by atoms with Gasteiger partial charge in [-0.15, -0.1) is 0 Å². The number of amides is 1. The van der Waals surface area contributed by atoms with E-state index in [0.29, 0.717) is 29.5 Å². The third kappa shape index (κ3) is 5.74. The number of nitro benzene ring substituents is 1. The maximum atomic E-state index is 13.3. The first-order valence-electron chi connectivity index (χ1n) is 10.8. The summed E-state index contributed by atoms with van der Waals surface area (Å²) in [6, 6.07) is 10.0. The van der Waals surface area contributed by atoms with Gasteiger partial charge >= 0.3 is 0 Å². The molecule has 0 N–H and O–H groups in total. The first-order valence-corrected chi connectivity index (χ1v) is 11.6. The second-order valence-electron chi connectivity index (χ2n) is 7.46. The summed E-state index contributed by atoms with van der Waals surface area (Å²) in [6.07, 6.45) is 3.04. The Morgan fingerprint density at radius 2 is 1.97 bits per heavy atom. The molecule has 3 aromatic rings. The summed E-state index contributed by atoms with van der Waals surface area (Å²) in [5.41, 5.74) is 2.37. The molecule has 33 heavy (non-hydrogen) atoms. The van der Waals surface area contributed by atoms with E-state index in [-0.39, 0.29) is 11.6 Å². The molecule has 0 aliphatic carbocycles. The Hall–Kier alpha value is -3.30. The van der Waals surface area contributed by atoms with Gasteiger partial charge in [0.2, 0.25) is 0 Å². The molecule has 0 spiro atoms. The van der Waals surface area contributed by atoms with Gasteiger partial charge < -0.3 is 9.64 Å². The Labute approximate surface area is 197 Å². The number of likely N-dealkylation sites (N-methyl/N-ethyl adjacent to an activating group) is 1. The Kier molecular flexibility index (Phi) is 8.13. The first kappa shape index (κ1) is 24.3. The molecule has 0 unspecified atom stereocenters. The number of carbonyl (C=O) groups excluding carboxylic acids is 1. The van der Waals surface area contributed by atoms with E-state index in [1.807, 2.05) is 19.1 Å². The number of hydrogen-bond donors (Lipinski definition) is 0. The van der Waals surface area contributed by atoms with Gasteiger partial charge in [-0.05, 0) is 43.3 Å². The lowest BCUT2D eigenvalue weighted by molar-refractivity contribution is -0.384. The van der Waals surface area contributed by atoms with Gasteiger partial charge in [-0.25, -0.2) is 4.98 Å². The molecule has 2 aromatic carbocycles. The molecule has 1 aromatic heterocycles. The minimum absolute atomic E-state index is 0.0169. The number of fused-ring (bicyclic) bond motifs is 1. The average molecular weight is 469 g/mol. The Morgan fingerprint density at radius 1 is 1.21 bits per heavy atom. The lowest BCUT2D eigenvalue weighted by atomic mass is 10.2. The molecular weight excluding hydrogens is 440 g/mol. The minimum atomic E-state index is -0.452. The zero-order valence-corrected chi connectivity index (χ0v) is 20.1. The van der Waals surface area contributed by atoms with Crippen LogP contribution in [0.2, 0.25) is 0 Å². The highest BCUT2D eigenvalue weighted by Gasteiger charge is 2.21. The summed E-state index contributed by atoms with van der Waals surface area (Å²) in [4.78, 5) is 32.5. The lowest BCUT2D eigenvalue weighted by Crippen LogP contribution is -2.38. The number of thiazole rings is 1. The highest BCUT2D eigenvalue weighted by atomic mass is 32.1. The number of anilines is 1. The monoisotopic (exact) mass is 468 g/mol. The van der Waals surface area contributed by atoms with Crippen LogP contribution in [0.1, 0.15) is 25.0 Å². The van der Waals surface area contributed by atoms with Crippen molar-refractivity contribution in [1.29, 1.82) is 0 Å². The number of benzene rings is 2. The van der Waals surface area contributed by atoms with E-state index in [4.69, 9.17) is 9.72 Å². The number of aromatic nitrogens is 1. The number of aryl methyl sites for hydroxylation is 1. The van der Waals surface area contributed by atoms with Crippen LogP contribution < -0.4 is 9.64 Å². The van der Waals surface area contributed by atoms with Gasteiger partial charge in [0, 0.05) is 31.3 Å². The van der Waals surface area contributed by atoms with Gasteiger partial charge in [-0.3, -0.25) is 19.8 Å². The predicted molar refractivity (Wildman–Crippen MR) is 133 cm³/mol. The normalized spacial score (nSPS) is 11.4. The highest BCUT2D eigenvalue weighted by molar-refractivity contribution is 7.22. The van der Waals surface area contributed by atoms with Crippen LogP contribution in [-0.2, 0) is 4.79 Å². The van der Waals surface area contributed by atoms with Gasteiger partial charge in [-0.2, -0.15) is 0 Å². The lowest BCUT2D eigenvalue weighted by Gasteiger charge is -2.23. The second-order valence-corrected chi connectivity index (χ2v) is 8.44. The van der Waals surface area contributed by atoms with Crippen molar-refractivity contribution in [2.24, 2.45) is 0 Å². The van der Waals surface area contributed by atoms with Crippen molar-refractivity contribution in [3.8, 4) is 5.75 Å². The van der Waals surface area contributed by atoms with Crippen LogP contribution in [0.25, 0.3) is 16.3 Å². The molecule has 3 rings (SSSR count). The molecule has 8 nitrogen and oxygen atoms in total. The highest BCUT2D eigenvalue weighted by Crippen LogP contribution is 2.36. The van der Waals surface area contributed by atoms with Crippen molar-refractivity contribution in [3.63, 3.8) is 0 Å². The summed E-state index contributed by atoms with van der Waals surface area (Å²) in [7, 11) is 1.61. The molecule has 0 aliphatic heterocycles. The van der Waals surface area contributed by atoms with Gasteiger partial charge in [0.25, 0.3) is 11.6 Å². The maximum Gasteiger partial charge on any atom is 0.270 e. The molecule has 0 radical (unpaired) electrons. The van der Waals surface area contributed by atoms with Gasteiger partial charge in [0.05, 0.1) is 16.7 Å². The van der Waals surface area contributed by atoms with Crippen LogP contribution in [0.15, 0.2) is 42.5 Å². The topological polar surface area (TPSA) is 88.8 Å². The summed E-state index contributed by atoms with van der Waals surface area (Å²) in [6.45, 7) is 9.13. The number of carbonyl (C=O) groups is 1. The van der Waals surface area contributed by atoms with E-state index in [1.165, 1.54) is 29.5 Å². The zero-order valence-electron chi connectivity index (χ0n) is 19.3. The van der Waals surface area contributed by atoms with Crippen LogP contribution in [0.4, 0.5) is 10.8 Å². The summed E-state index contributed by atoms with van der Waals surface area (Å²) in [5, 5.41) is 11.6. The standard InChI is InChI=1S/C24H28N4O4S/c1-5-26(6-2)14-15-27(21(29)13-11-18-8-7-9-19(16-18)28(30)31)24-25-22-20(32-4)12-10-17(3)23(22)33-24/h7-13,16H,5-6,14-15H2,1-4H3. The number of nitro groups is 1. The molecule has 0 saturated heterocycles. The van der Waals surface area contributed by atoms with Crippen LogP contribution in [-0.4, -0.2) is 54.0 Å². The molecule has 9 heteroatoms. The Balaban J connectivity index is 1.95. The third-order valence-electron chi connectivity index (χ3n) is 5.44. The Bertz CT molecular complexity index is 1170. The predicted octanol–water partition coefficient (Wildman–Crippen LogP) is 4.91. The van der Waals surface area contributed by atoms with E-state index in [0.717, 1.165) is 28.9 Å². The number of rotatable bonds is 10. The van der Waals surface area contributed by atoms with Gasteiger partial charge in [0.1, 0.15) is 11.3 Å². The van der Waals surface area contributed by atoms with Crippen LogP contribution in [0.3, 0.4) is 0 Å². The smallest absolute Gasteiger partial charge is 0.270 e. The number of hydrogen-bond acceptors (Lipinski definition) is 7. The molecule has 0 fully saturated rings. The van der Waals surface area contributed by atoms with E-state index in [1.54, 1.807) is 30.2 Å². The number of nitrogens with zero attached hydrogens (tertiary/aromatic N) is 4. The van der Waals surface area contributed by atoms with Crippen molar-refractivity contribution in [1.82, 2.24) is 9.88 Å². The van der Waals surface area contributed by atoms with Gasteiger partial charge in [-0.1, -0.05) is 43.4 Å².